The van der Waals surface area contributed by atoms with Gasteiger partial charge in [0.15, 0.2) is 0 Å². The number of hydrogen-bond acceptors (Lipinski definition) is 0. The van der Waals surface area contributed by atoms with Crippen LogP contribution in [0.2, 0.25) is 0 Å². The zero-order valence-corrected chi connectivity index (χ0v) is 12.2. The van der Waals surface area contributed by atoms with Crippen LogP contribution in [0.5, 0.6) is 0 Å². The van der Waals surface area contributed by atoms with Crippen LogP contribution in [-0.4, -0.2) is 4.57 Å². The van der Waals surface area contributed by atoms with Crippen molar-refractivity contribution in [2.75, 3.05) is 0 Å². The highest BCUT2D eigenvalue weighted by atomic mass is 14.9. The Kier molecular flexibility index (Phi) is 3.60. The van der Waals surface area contributed by atoms with Gasteiger partial charge in [0.1, 0.15) is 0 Å². The number of rotatable bonds is 4. The summed E-state index contributed by atoms with van der Waals surface area (Å²) < 4.78 is 2.37. The molecule has 20 heavy (non-hydrogen) atoms. The van der Waals surface area contributed by atoms with Crippen LogP contribution in [0.25, 0.3) is 10.9 Å². The van der Waals surface area contributed by atoms with E-state index in [0.29, 0.717) is 5.92 Å². The molecular formula is C19H21N. The van der Waals surface area contributed by atoms with Crippen molar-refractivity contribution in [3.05, 3.63) is 71.9 Å². The van der Waals surface area contributed by atoms with Crippen molar-refractivity contribution in [2.24, 2.45) is 0 Å². The summed E-state index contributed by atoms with van der Waals surface area (Å²) in [7, 11) is 0. The first-order valence-corrected chi connectivity index (χ1v) is 7.35. The Hall–Kier alpha value is -2.02. The lowest BCUT2D eigenvalue weighted by Crippen LogP contribution is -2.03. The molecule has 0 bridgehead atoms. The Labute approximate surface area is 120 Å². The standard InChI is InChI=1S/C19H21N/c1-15-7-3-5-9-18(15)16(2)11-13-20-14-12-17-8-4-6-10-19(17)20/h3-10,12,14,16H,11,13H2,1-2H3. The maximum absolute atomic E-state index is 2.37. The predicted molar refractivity (Wildman–Crippen MR) is 86.1 cm³/mol. The van der Waals surface area contributed by atoms with Crippen LogP contribution in [0.3, 0.4) is 0 Å². The van der Waals surface area contributed by atoms with Crippen LogP contribution in [0.15, 0.2) is 60.8 Å². The van der Waals surface area contributed by atoms with Gasteiger partial charge < -0.3 is 4.57 Å². The fraction of sp³-hybridized carbons (Fsp3) is 0.263. The van der Waals surface area contributed by atoms with Crippen LogP contribution in [0.1, 0.15) is 30.4 Å². The molecule has 1 heteroatoms. The van der Waals surface area contributed by atoms with Gasteiger partial charge in [0.25, 0.3) is 0 Å². The van der Waals surface area contributed by atoms with Gasteiger partial charge in [-0.1, -0.05) is 49.4 Å². The molecule has 0 amide bonds. The SMILES string of the molecule is Cc1ccccc1C(C)CCn1ccc2ccccc21. The van der Waals surface area contributed by atoms with E-state index in [1.165, 1.54) is 28.5 Å². The number of hydrogen-bond donors (Lipinski definition) is 0. The maximum atomic E-state index is 2.37. The van der Waals surface area contributed by atoms with E-state index < -0.39 is 0 Å². The highest BCUT2D eigenvalue weighted by Crippen LogP contribution is 2.24. The first-order valence-electron chi connectivity index (χ1n) is 7.35. The molecule has 1 nitrogen and oxygen atoms in total. The Morgan fingerprint density at radius 1 is 0.950 bits per heavy atom. The Morgan fingerprint density at radius 2 is 1.70 bits per heavy atom. The van der Waals surface area contributed by atoms with Crippen molar-refractivity contribution >= 4 is 10.9 Å². The molecular weight excluding hydrogens is 242 g/mol. The summed E-state index contributed by atoms with van der Waals surface area (Å²) in [6.45, 7) is 5.61. The molecule has 2 aromatic carbocycles. The van der Waals surface area contributed by atoms with Crippen molar-refractivity contribution in [3.8, 4) is 0 Å². The molecule has 0 saturated carbocycles. The molecule has 102 valence electrons. The number of nitrogens with zero attached hydrogens (tertiary/aromatic N) is 1. The molecule has 0 aliphatic carbocycles. The van der Waals surface area contributed by atoms with Crippen LogP contribution in [-0.2, 0) is 6.54 Å². The molecule has 0 spiro atoms. The first kappa shape index (κ1) is 13.0. The molecule has 0 aliphatic rings. The third-order valence-electron chi connectivity index (χ3n) is 4.20. The number of aryl methyl sites for hydroxylation is 2. The Bertz CT molecular complexity index is 708. The number of fused-ring (bicyclic) bond motifs is 1. The average Bonchev–Trinajstić information content (AvgIpc) is 2.88. The highest BCUT2D eigenvalue weighted by Gasteiger charge is 2.08. The minimum absolute atomic E-state index is 0.595. The van der Waals surface area contributed by atoms with Gasteiger partial charge >= 0.3 is 0 Å². The lowest BCUT2D eigenvalue weighted by molar-refractivity contribution is 0.586. The third kappa shape index (κ3) is 2.49. The van der Waals surface area contributed by atoms with Crippen LogP contribution in [0, 0.1) is 6.92 Å². The minimum atomic E-state index is 0.595. The predicted octanol–water partition coefficient (Wildman–Crippen LogP) is 5.14. The van der Waals surface area contributed by atoms with Gasteiger partial charge in [-0.15, -0.1) is 0 Å². The van der Waals surface area contributed by atoms with Crippen molar-refractivity contribution in [2.45, 2.75) is 32.7 Å². The zero-order chi connectivity index (χ0) is 13.9. The third-order valence-corrected chi connectivity index (χ3v) is 4.20. The van der Waals surface area contributed by atoms with E-state index in [1.807, 2.05) is 0 Å². The van der Waals surface area contributed by atoms with Crippen LogP contribution < -0.4 is 0 Å². The van der Waals surface area contributed by atoms with Gasteiger partial charge in [-0.25, -0.2) is 0 Å². The molecule has 3 aromatic rings. The summed E-state index contributed by atoms with van der Waals surface area (Å²) in [5.41, 5.74) is 4.21. The maximum Gasteiger partial charge on any atom is 0.0480 e. The number of aromatic nitrogens is 1. The van der Waals surface area contributed by atoms with E-state index in [2.05, 4.69) is 79.2 Å². The molecule has 0 aliphatic heterocycles. The molecule has 1 aromatic heterocycles. The van der Waals surface area contributed by atoms with Crippen molar-refractivity contribution in [1.82, 2.24) is 4.57 Å². The van der Waals surface area contributed by atoms with Crippen molar-refractivity contribution < 1.29 is 0 Å². The monoisotopic (exact) mass is 263 g/mol. The number of para-hydroxylation sites is 1. The van der Waals surface area contributed by atoms with Gasteiger partial charge in [0.05, 0.1) is 0 Å². The fourth-order valence-electron chi connectivity index (χ4n) is 2.96. The molecule has 1 atom stereocenters. The molecule has 1 heterocycles. The van der Waals surface area contributed by atoms with Gasteiger partial charge in [-0.05, 0) is 47.9 Å². The lowest BCUT2D eigenvalue weighted by atomic mass is 9.94. The van der Waals surface area contributed by atoms with Gasteiger partial charge in [0, 0.05) is 18.3 Å². The smallest absolute Gasteiger partial charge is 0.0480 e. The van der Waals surface area contributed by atoms with E-state index in [4.69, 9.17) is 0 Å². The minimum Gasteiger partial charge on any atom is -0.347 e. The quantitative estimate of drug-likeness (QED) is 0.614. The van der Waals surface area contributed by atoms with E-state index >= 15 is 0 Å². The van der Waals surface area contributed by atoms with E-state index in [-0.39, 0.29) is 0 Å². The molecule has 0 N–H and O–H groups in total. The summed E-state index contributed by atoms with van der Waals surface area (Å²) >= 11 is 0. The largest absolute Gasteiger partial charge is 0.347 e. The fourth-order valence-corrected chi connectivity index (χ4v) is 2.96. The summed E-state index contributed by atoms with van der Waals surface area (Å²) in [6.07, 6.45) is 3.37. The Morgan fingerprint density at radius 3 is 2.55 bits per heavy atom. The second-order valence-electron chi connectivity index (χ2n) is 5.61. The van der Waals surface area contributed by atoms with E-state index in [0.717, 1.165) is 6.54 Å². The topological polar surface area (TPSA) is 4.93 Å². The second-order valence-corrected chi connectivity index (χ2v) is 5.61. The van der Waals surface area contributed by atoms with E-state index in [1.54, 1.807) is 0 Å². The zero-order valence-electron chi connectivity index (χ0n) is 12.2. The molecule has 0 radical (unpaired) electrons. The molecule has 3 rings (SSSR count). The van der Waals surface area contributed by atoms with Gasteiger partial charge in [0.2, 0.25) is 0 Å². The van der Waals surface area contributed by atoms with E-state index in [9.17, 15) is 0 Å². The van der Waals surface area contributed by atoms with Crippen molar-refractivity contribution in [3.63, 3.8) is 0 Å². The number of benzene rings is 2. The molecule has 0 saturated heterocycles. The molecule has 0 fully saturated rings. The molecule has 1 unspecified atom stereocenters. The summed E-state index contributed by atoms with van der Waals surface area (Å²) in [5, 5.41) is 1.33. The second kappa shape index (κ2) is 5.54. The highest BCUT2D eigenvalue weighted by molar-refractivity contribution is 5.79. The van der Waals surface area contributed by atoms with Crippen LogP contribution in [0.4, 0.5) is 0 Å². The lowest BCUT2D eigenvalue weighted by Gasteiger charge is -2.15. The normalized spacial score (nSPS) is 12.7. The first-order chi connectivity index (χ1) is 9.75. The summed E-state index contributed by atoms with van der Waals surface area (Å²) in [6, 6.07) is 19.5. The van der Waals surface area contributed by atoms with Gasteiger partial charge in [-0.3, -0.25) is 0 Å². The summed E-state index contributed by atoms with van der Waals surface area (Å²) in [5.74, 6) is 0.595. The summed E-state index contributed by atoms with van der Waals surface area (Å²) in [4.78, 5) is 0. The van der Waals surface area contributed by atoms with Gasteiger partial charge in [-0.2, -0.15) is 0 Å². The Balaban J connectivity index is 1.75. The average molecular weight is 263 g/mol. The van der Waals surface area contributed by atoms with Crippen molar-refractivity contribution in [1.29, 1.82) is 0 Å². The van der Waals surface area contributed by atoms with Crippen LogP contribution >= 0.6 is 0 Å².